The third-order valence-electron chi connectivity index (χ3n) is 0.444. The van der Waals surface area contributed by atoms with Crippen LogP contribution in [0.3, 0.4) is 0 Å². The Morgan fingerprint density at radius 1 is 1.88 bits per heavy atom. The Labute approximate surface area is 52.4 Å². The van der Waals surface area contributed by atoms with Crippen molar-refractivity contribution >= 4 is 18.0 Å². The molecule has 0 aliphatic heterocycles. The van der Waals surface area contributed by atoms with Crippen LogP contribution in [0.25, 0.3) is 0 Å². The Balaban J connectivity index is 3.12. The molecule has 5 N–H and O–H groups in total. The second kappa shape index (κ2) is 4.58. The highest BCUT2D eigenvalue weighted by Crippen LogP contribution is 1.87. The number of amides is 2. The van der Waals surface area contributed by atoms with E-state index in [1.165, 1.54) is 11.9 Å². The van der Waals surface area contributed by atoms with E-state index in [4.69, 9.17) is 5.73 Å². The smallest absolute Gasteiger partial charge is 0.299 e. The van der Waals surface area contributed by atoms with Gasteiger partial charge in [0, 0.05) is 5.75 Å². The molecule has 0 fully saturated rings. The van der Waals surface area contributed by atoms with Crippen molar-refractivity contribution in [1.82, 2.24) is 4.72 Å². The Bertz CT molecular complexity index is 84.6. The fourth-order valence-corrected chi connectivity index (χ4v) is 0.502. The van der Waals surface area contributed by atoms with Gasteiger partial charge in [0.2, 0.25) is 0 Å². The van der Waals surface area contributed by atoms with Crippen molar-refractivity contribution in [3.63, 3.8) is 0 Å². The first-order valence-electron chi connectivity index (χ1n) is 2.18. The predicted octanol–water partition coefficient (Wildman–Crippen LogP) is -0.268. The maximum Gasteiger partial charge on any atom is 0.554 e. The number of urea groups is 1. The number of nitrogens with one attached hydrogen (secondary N) is 1. The Morgan fingerprint density at radius 2 is 2.50 bits per heavy atom. The van der Waals surface area contributed by atoms with Gasteiger partial charge in [-0.3, -0.25) is 5.73 Å². The minimum absolute atomic E-state index is 0.136. The maximum absolute atomic E-state index is 5.10. The highest BCUT2D eigenvalue weighted by atomic mass is 32.2. The van der Waals surface area contributed by atoms with Crippen LogP contribution >= 0.6 is 11.9 Å². The lowest BCUT2D eigenvalue weighted by atomic mass is 11.0. The fraction of sp³-hybridized carbons (Fsp3) is 0.667. The van der Waals surface area contributed by atoms with Crippen molar-refractivity contribution in [3.8, 4) is 0 Å². The summed E-state index contributed by atoms with van der Waals surface area (Å²) >= 11 is 1.42. The second-order valence-electron chi connectivity index (χ2n) is 1.02. The quantitative estimate of drug-likeness (QED) is 0.278. The number of primary amides is 1. The summed E-state index contributed by atoms with van der Waals surface area (Å²) in [5.74, 6) is 5.60. The molecule has 0 rings (SSSR count). The molecule has 0 aromatic rings. The molecular weight excluding hydrogens is 126 g/mol. The number of hydrogen-bond acceptors (Lipinski definition) is 2. The van der Waals surface area contributed by atoms with Crippen LogP contribution in [0.5, 0.6) is 0 Å². The van der Waals surface area contributed by atoms with E-state index in [0.717, 1.165) is 5.75 Å². The average Bonchev–Trinajstić information content (AvgIpc) is 1.83. The van der Waals surface area contributed by atoms with Gasteiger partial charge in [-0.1, -0.05) is 17.3 Å². The van der Waals surface area contributed by atoms with E-state index < -0.39 is 0 Å². The first-order chi connectivity index (χ1) is 3.81. The van der Waals surface area contributed by atoms with Crippen LogP contribution in [-0.4, -0.2) is 11.8 Å². The summed E-state index contributed by atoms with van der Waals surface area (Å²) < 4.78 is 6.76. The molecule has 0 unspecified atom stereocenters. The monoisotopic (exact) mass is 136 g/mol. The summed E-state index contributed by atoms with van der Waals surface area (Å²) in [6.45, 7) is 1.99. The molecule has 4 nitrogen and oxygen atoms in total. The highest BCUT2D eigenvalue weighted by Gasteiger charge is 1.99. The van der Waals surface area contributed by atoms with Gasteiger partial charge in [-0.15, -0.1) is 0 Å². The Hall–Kier alpha value is -0.580. The molecule has 2 amide bonds. The third kappa shape index (κ3) is 3.60. The van der Waals surface area contributed by atoms with Crippen LogP contribution < -0.4 is 16.4 Å². The average molecular weight is 136 g/mol. The lowest BCUT2D eigenvalue weighted by molar-refractivity contribution is -0.143. The van der Waals surface area contributed by atoms with Crippen molar-refractivity contribution < 1.29 is 4.53 Å². The van der Waals surface area contributed by atoms with Crippen molar-refractivity contribution in [2.45, 2.75) is 6.92 Å². The molecule has 0 heterocycles. The van der Waals surface area contributed by atoms with Crippen LogP contribution in [0, 0.1) is 0 Å². The van der Waals surface area contributed by atoms with Crippen LogP contribution in [0.2, 0.25) is 0 Å². The summed E-state index contributed by atoms with van der Waals surface area (Å²) in [4.78, 5) is 0. The van der Waals surface area contributed by atoms with Gasteiger partial charge in [-0.2, -0.15) is 0 Å². The van der Waals surface area contributed by atoms with Gasteiger partial charge in [0.1, 0.15) is 0 Å². The summed E-state index contributed by atoms with van der Waals surface area (Å²) in [6, 6.07) is 0.136. The maximum atomic E-state index is 5.10. The van der Waals surface area contributed by atoms with Crippen molar-refractivity contribution in [1.29, 1.82) is 0 Å². The molecule has 0 spiro atoms. The van der Waals surface area contributed by atoms with Crippen LogP contribution in [0.4, 0.5) is 4.53 Å². The minimum Gasteiger partial charge on any atom is -0.299 e. The van der Waals surface area contributed by atoms with Gasteiger partial charge in [0.15, 0.2) is 0 Å². The molecule has 0 radical (unpaired) electrons. The number of nitrogens with two attached hydrogens (primary N) is 2. The highest BCUT2D eigenvalue weighted by molar-refractivity contribution is 7.97. The second-order valence-corrected chi connectivity index (χ2v) is 2.09. The van der Waals surface area contributed by atoms with Crippen LogP contribution in [-0.2, 0) is 0 Å². The molecule has 0 atom stereocenters. The van der Waals surface area contributed by atoms with E-state index in [2.05, 4.69) is 15.1 Å². The molecular formula is C3H10N3OS+. The molecule has 0 aromatic carbocycles. The van der Waals surface area contributed by atoms with Gasteiger partial charge < -0.3 is 0 Å². The standard InChI is InChI=1S/C3H10N3OS/c1-2-8-6-3(4)7-5/h6H,2,4-5H2,1H3/q+1. The van der Waals surface area contributed by atoms with E-state index in [0.29, 0.717) is 0 Å². The van der Waals surface area contributed by atoms with Crippen LogP contribution in [0.1, 0.15) is 6.92 Å². The van der Waals surface area contributed by atoms with Crippen molar-refractivity contribution in [2.24, 2.45) is 11.6 Å². The molecule has 0 saturated carbocycles. The molecule has 0 aliphatic rings. The van der Waals surface area contributed by atoms with E-state index in [1.807, 2.05) is 6.92 Å². The van der Waals surface area contributed by atoms with Gasteiger partial charge in [0.05, 0.1) is 0 Å². The Kier molecular flexibility index (Phi) is 4.24. The molecule has 48 valence electrons. The summed E-state index contributed by atoms with van der Waals surface area (Å²) in [6.07, 6.45) is 0. The van der Waals surface area contributed by atoms with Gasteiger partial charge >= 0.3 is 6.03 Å². The van der Waals surface area contributed by atoms with E-state index in [1.54, 1.807) is 0 Å². The number of hydrogen-bond donors (Lipinski definition) is 3. The van der Waals surface area contributed by atoms with E-state index in [9.17, 15) is 0 Å². The lowest BCUT2D eigenvalue weighted by Crippen LogP contribution is -2.25. The molecule has 0 saturated heterocycles. The van der Waals surface area contributed by atoms with Crippen LogP contribution in [0.15, 0.2) is 0 Å². The summed E-state index contributed by atoms with van der Waals surface area (Å²) in [5.41, 5.74) is 5.10. The largest absolute Gasteiger partial charge is 0.554 e. The van der Waals surface area contributed by atoms with E-state index in [-0.39, 0.29) is 6.03 Å². The molecule has 5 heteroatoms. The fourth-order valence-electron chi connectivity index (χ4n) is 0.167. The van der Waals surface area contributed by atoms with Gasteiger partial charge in [0.25, 0.3) is 0 Å². The minimum atomic E-state index is 0.136. The molecule has 0 aliphatic carbocycles. The zero-order chi connectivity index (χ0) is 6.41. The first-order valence-corrected chi connectivity index (χ1v) is 3.16. The first kappa shape index (κ1) is 7.42. The SMILES string of the molecule is CCSNC(N)=[O+]N. The normalized spacial score (nSPS) is 11.4. The van der Waals surface area contributed by atoms with Crippen molar-refractivity contribution in [2.75, 3.05) is 5.75 Å². The van der Waals surface area contributed by atoms with Gasteiger partial charge in [-0.05, 0) is 11.9 Å². The van der Waals surface area contributed by atoms with Crippen molar-refractivity contribution in [3.05, 3.63) is 0 Å². The molecule has 0 aromatic heterocycles. The Morgan fingerprint density at radius 3 is 2.88 bits per heavy atom. The zero-order valence-corrected chi connectivity index (χ0v) is 5.49. The van der Waals surface area contributed by atoms with E-state index >= 15 is 0 Å². The predicted molar refractivity (Wildman–Crippen MR) is 35.0 cm³/mol. The summed E-state index contributed by atoms with van der Waals surface area (Å²) in [7, 11) is 0. The lowest BCUT2D eigenvalue weighted by Gasteiger charge is -1.87. The molecule has 8 heavy (non-hydrogen) atoms. The summed E-state index contributed by atoms with van der Waals surface area (Å²) in [5, 5.41) is 0. The topological polar surface area (TPSA) is 75.4 Å². The number of carbonyl (C=O) groups excluding carboxylic acids is 1. The molecule has 0 bridgehead atoms. The zero-order valence-electron chi connectivity index (χ0n) is 4.68. The third-order valence-corrected chi connectivity index (χ3v) is 1.08. The number of rotatable bonds is 2. The van der Waals surface area contributed by atoms with Gasteiger partial charge in [-0.25, -0.2) is 4.72 Å².